The molecule has 0 aromatic carbocycles. The first kappa shape index (κ1) is 14.6. The van der Waals surface area contributed by atoms with E-state index in [2.05, 4.69) is 11.8 Å². The van der Waals surface area contributed by atoms with Crippen LogP contribution < -0.4 is 5.73 Å². The third kappa shape index (κ3) is 3.60. The molecule has 0 spiro atoms. The number of piperazine rings is 1. The molecule has 1 atom stereocenters. The molecule has 110 valence electrons. The van der Waals surface area contributed by atoms with Crippen LogP contribution >= 0.6 is 0 Å². The highest BCUT2D eigenvalue weighted by Gasteiger charge is 2.27. The molecule has 19 heavy (non-hydrogen) atoms. The van der Waals surface area contributed by atoms with Gasteiger partial charge in [0, 0.05) is 51.9 Å². The number of nitrogens with zero attached hydrogens (tertiary/aromatic N) is 3. The Balaban J connectivity index is 1.80. The maximum Gasteiger partial charge on any atom is 0.320 e. The second-order valence-corrected chi connectivity index (χ2v) is 5.65. The zero-order valence-corrected chi connectivity index (χ0v) is 12.2. The quantitative estimate of drug-likeness (QED) is 0.829. The number of nitrogens with two attached hydrogens (primary N) is 1. The van der Waals surface area contributed by atoms with Gasteiger partial charge < -0.3 is 15.5 Å². The maximum atomic E-state index is 12.4. The second kappa shape index (κ2) is 7.10. The summed E-state index contributed by atoms with van der Waals surface area (Å²) in [4.78, 5) is 18.9. The fraction of sp³-hybridized carbons (Fsp3) is 0.929. The van der Waals surface area contributed by atoms with Crippen molar-refractivity contribution in [2.75, 3.05) is 45.8 Å². The van der Waals surface area contributed by atoms with Crippen LogP contribution in [0.15, 0.2) is 0 Å². The summed E-state index contributed by atoms with van der Waals surface area (Å²) in [5.74, 6) is 0. The highest BCUT2D eigenvalue weighted by Crippen LogP contribution is 2.14. The Bertz CT molecular complexity index is 279. The first-order valence-corrected chi connectivity index (χ1v) is 7.74. The number of carbonyl (C=O) groups is 1. The smallest absolute Gasteiger partial charge is 0.320 e. The summed E-state index contributed by atoms with van der Waals surface area (Å²) >= 11 is 0. The normalized spacial score (nSPS) is 23.5. The molecule has 2 amide bonds. The molecule has 5 nitrogen and oxygen atoms in total. The van der Waals surface area contributed by atoms with E-state index in [9.17, 15) is 4.79 Å². The Kier molecular flexibility index (Phi) is 5.45. The zero-order chi connectivity index (χ0) is 13.7. The molecule has 2 N–H and O–H groups in total. The van der Waals surface area contributed by atoms with E-state index >= 15 is 0 Å². The summed E-state index contributed by atoms with van der Waals surface area (Å²) < 4.78 is 0. The molecule has 0 aliphatic carbocycles. The molecule has 0 saturated carbocycles. The van der Waals surface area contributed by atoms with Crippen LogP contribution in [0.1, 0.15) is 32.6 Å². The predicted molar refractivity (Wildman–Crippen MR) is 77.1 cm³/mol. The summed E-state index contributed by atoms with van der Waals surface area (Å²) in [6.45, 7) is 8.43. The Morgan fingerprint density at radius 3 is 2.11 bits per heavy atom. The minimum Gasteiger partial charge on any atom is -0.329 e. The molecule has 2 aliphatic heterocycles. The summed E-state index contributed by atoms with van der Waals surface area (Å²) in [6.07, 6.45) is 4.69. The summed E-state index contributed by atoms with van der Waals surface area (Å²) in [5, 5.41) is 0. The van der Waals surface area contributed by atoms with E-state index in [-0.39, 0.29) is 6.03 Å². The highest BCUT2D eigenvalue weighted by atomic mass is 16.2. The number of likely N-dealkylation sites (tertiary alicyclic amines) is 1. The van der Waals surface area contributed by atoms with Gasteiger partial charge in [0.25, 0.3) is 0 Å². The summed E-state index contributed by atoms with van der Waals surface area (Å²) in [6, 6.07) is 0.729. The van der Waals surface area contributed by atoms with Crippen LogP contribution in [-0.4, -0.2) is 72.6 Å². The molecule has 1 unspecified atom stereocenters. The van der Waals surface area contributed by atoms with Gasteiger partial charge in [-0.25, -0.2) is 4.79 Å². The minimum absolute atomic E-state index is 0.250. The number of hydrogen-bond donors (Lipinski definition) is 1. The first-order chi connectivity index (χ1) is 9.26. The van der Waals surface area contributed by atoms with Gasteiger partial charge in [0.05, 0.1) is 0 Å². The lowest BCUT2D eigenvalue weighted by Crippen LogP contribution is -2.56. The number of rotatable bonds is 3. The van der Waals surface area contributed by atoms with E-state index in [0.717, 1.165) is 65.1 Å². The molecular formula is C14H28N4O. The molecule has 0 aromatic rings. The van der Waals surface area contributed by atoms with Crippen LogP contribution in [0, 0.1) is 0 Å². The molecule has 0 aromatic heterocycles. The van der Waals surface area contributed by atoms with Crippen molar-refractivity contribution in [2.24, 2.45) is 5.73 Å². The Morgan fingerprint density at radius 2 is 1.58 bits per heavy atom. The molecule has 2 fully saturated rings. The Hall–Kier alpha value is -0.810. The number of piperidine rings is 1. The minimum atomic E-state index is 0.250. The zero-order valence-electron chi connectivity index (χ0n) is 12.2. The lowest BCUT2D eigenvalue weighted by Gasteiger charge is -2.41. The van der Waals surface area contributed by atoms with E-state index in [1.165, 1.54) is 6.42 Å². The third-order valence-electron chi connectivity index (χ3n) is 4.47. The number of urea groups is 1. The lowest BCUT2D eigenvalue weighted by molar-refractivity contribution is 0.0878. The molecule has 2 aliphatic rings. The molecule has 0 radical (unpaired) electrons. The van der Waals surface area contributed by atoms with Gasteiger partial charge in [-0.1, -0.05) is 6.92 Å². The van der Waals surface area contributed by atoms with Gasteiger partial charge in [0.2, 0.25) is 0 Å². The van der Waals surface area contributed by atoms with Crippen molar-refractivity contribution < 1.29 is 4.79 Å². The van der Waals surface area contributed by atoms with E-state index < -0.39 is 0 Å². The molecular weight excluding hydrogens is 240 g/mol. The van der Waals surface area contributed by atoms with Gasteiger partial charge in [-0.15, -0.1) is 0 Å². The SMILES string of the molecule is CCC(CN)N1CCN(C(=O)N2CCCCC2)CC1. The molecule has 2 heterocycles. The van der Waals surface area contributed by atoms with Crippen LogP contribution in [0.4, 0.5) is 4.79 Å². The average Bonchev–Trinajstić information content (AvgIpc) is 2.49. The molecule has 2 rings (SSSR count). The van der Waals surface area contributed by atoms with Crippen molar-refractivity contribution in [1.29, 1.82) is 0 Å². The standard InChI is InChI=1S/C14H28N4O/c1-2-13(12-15)16-8-10-18(11-9-16)14(19)17-6-4-3-5-7-17/h13H,2-12,15H2,1H3. The van der Waals surface area contributed by atoms with Gasteiger partial charge in [-0.05, 0) is 25.7 Å². The van der Waals surface area contributed by atoms with E-state index in [0.29, 0.717) is 6.04 Å². The Morgan fingerprint density at radius 1 is 1.00 bits per heavy atom. The first-order valence-electron chi connectivity index (χ1n) is 7.74. The van der Waals surface area contributed by atoms with Crippen LogP contribution in [0.25, 0.3) is 0 Å². The molecule has 2 saturated heterocycles. The topological polar surface area (TPSA) is 52.8 Å². The fourth-order valence-corrected chi connectivity index (χ4v) is 3.14. The van der Waals surface area contributed by atoms with Crippen LogP contribution in [-0.2, 0) is 0 Å². The van der Waals surface area contributed by atoms with E-state index in [1.54, 1.807) is 0 Å². The second-order valence-electron chi connectivity index (χ2n) is 5.65. The molecule has 5 heteroatoms. The van der Waals surface area contributed by atoms with Crippen molar-refractivity contribution >= 4 is 6.03 Å². The van der Waals surface area contributed by atoms with Crippen LogP contribution in [0.5, 0.6) is 0 Å². The number of carbonyl (C=O) groups excluding carboxylic acids is 1. The van der Waals surface area contributed by atoms with Crippen molar-refractivity contribution in [3.05, 3.63) is 0 Å². The Labute approximate surface area is 116 Å². The lowest BCUT2D eigenvalue weighted by atomic mass is 10.1. The van der Waals surface area contributed by atoms with E-state index in [4.69, 9.17) is 5.73 Å². The van der Waals surface area contributed by atoms with Crippen molar-refractivity contribution in [1.82, 2.24) is 14.7 Å². The van der Waals surface area contributed by atoms with Crippen molar-refractivity contribution in [2.45, 2.75) is 38.6 Å². The van der Waals surface area contributed by atoms with Crippen molar-refractivity contribution in [3.8, 4) is 0 Å². The van der Waals surface area contributed by atoms with Gasteiger partial charge >= 0.3 is 6.03 Å². The summed E-state index contributed by atoms with van der Waals surface area (Å²) in [7, 11) is 0. The van der Waals surface area contributed by atoms with E-state index in [1.807, 2.05) is 9.80 Å². The van der Waals surface area contributed by atoms with Gasteiger partial charge in [-0.3, -0.25) is 4.90 Å². The van der Waals surface area contributed by atoms with Gasteiger partial charge in [-0.2, -0.15) is 0 Å². The average molecular weight is 268 g/mol. The van der Waals surface area contributed by atoms with Crippen molar-refractivity contribution in [3.63, 3.8) is 0 Å². The maximum absolute atomic E-state index is 12.4. The van der Waals surface area contributed by atoms with Crippen LogP contribution in [0.3, 0.4) is 0 Å². The largest absolute Gasteiger partial charge is 0.329 e. The number of amides is 2. The summed E-state index contributed by atoms with van der Waals surface area (Å²) in [5.41, 5.74) is 5.80. The van der Waals surface area contributed by atoms with Crippen LogP contribution in [0.2, 0.25) is 0 Å². The highest BCUT2D eigenvalue weighted by molar-refractivity contribution is 5.74. The monoisotopic (exact) mass is 268 g/mol. The fourth-order valence-electron chi connectivity index (χ4n) is 3.14. The van der Waals surface area contributed by atoms with Gasteiger partial charge in [0.15, 0.2) is 0 Å². The number of hydrogen-bond acceptors (Lipinski definition) is 3. The molecule has 0 bridgehead atoms. The third-order valence-corrected chi connectivity index (χ3v) is 4.47. The van der Waals surface area contributed by atoms with Gasteiger partial charge in [0.1, 0.15) is 0 Å². The predicted octanol–water partition coefficient (Wildman–Crippen LogP) is 0.947.